The van der Waals surface area contributed by atoms with Gasteiger partial charge in [0.25, 0.3) is 5.91 Å². The first-order valence-electron chi connectivity index (χ1n) is 14.2. The minimum absolute atomic E-state index is 0.0842. The van der Waals surface area contributed by atoms with Crippen LogP contribution in [0.3, 0.4) is 0 Å². The Hall–Kier alpha value is -3.53. The van der Waals surface area contributed by atoms with Crippen molar-refractivity contribution in [2.24, 2.45) is 23.5 Å². The van der Waals surface area contributed by atoms with E-state index in [1.54, 1.807) is 39.4 Å². The molecule has 1 heterocycles. The van der Waals surface area contributed by atoms with Crippen LogP contribution in [0.15, 0.2) is 83.4 Å². The van der Waals surface area contributed by atoms with Crippen LogP contribution in [0.2, 0.25) is 0 Å². The summed E-state index contributed by atoms with van der Waals surface area (Å²) in [5, 5.41) is 16.9. The van der Waals surface area contributed by atoms with Gasteiger partial charge in [-0.1, -0.05) is 56.4 Å². The van der Waals surface area contributed by atoms with E-state index >= 15 is 0 Å². The molecule has 2 aliphatic rings. The van der Waals surface area contributed by atoms with E-state index in [9.17, 15) is 19.5 Å². The topological polar surface area (TPSA) is 140 Å². The van der Waals surface area contributed by atoms with Gasteiger partial charge >= 0.3 is 0 Å². The fraction of sp³-hybridized carbons (Fsp3) is 0.485. The summed E-state index contributed by atoms with van der Waals surface area (Å²) in [6.07, 6.45) is 9.23. The molecule has 0 radical (unpaired) electrons. The molecule has 2 bridgehead atoms. The molecule has 5 N–H and O–H groups in total. The number of hydrogen-bond acceptors (Lipinski definition) is 8. The minimum atomic E-state index is -0.843. The quantitative estimate of drug-likeness (QED) is 0.264. The number of rotatable bonds is 7. The monoisotopic (exact) mass is 581 g/mol. The second-order valence-electron chi connectivity index (χ2n) is 11.2. The van der Waals surface area contributed by atoms with E-state index in [1.165, 1.54) is 0 Å². The molecular formula is C33H47N3O6. The summed E-state index contributed by atoms with van der Waals surface area (Å²) in [5.41, 5.74) is 8.18. The highest BCUT2D eigenvalue weighted by molar-refractivity contribution is 6.23. The van der Waals surface area contributed by atoms with Gasteiger partial charge in [-0.25, -0.2) is 0 Å². The Morgan fingerprint density at radius 2 is 1.90 bits per heavy atom. The summed E-state index contributed by atoms with van der Waals surface area (Å²) < 4.78 is 11.5. The molecule has 0 aromatic carbocycles. The number of Topliss-reactive ketones (excluding diaryl/α,β-unsaturated/α-hetero) is 1. The molecular weight excluding hydrogens is 534 g/mol. The maximum Gasteiger partial charge on any atom is 0.251 e. The van der Waals surface area contributed by atoms with Gasteiger partial charge in [-0.3, -0.25) is 14.4 Å². The van der Waals surface area contributed by atoms with Crippen LogP contribution in [0.4, 0.5) is 0 Å². The number of allylic oxidation sites excluding steroid dienone is 5. The lowest BCUT2D eigenvalue weighted by molar-refractivity contribution is -0.120. The molecule has 0 aromatic rings. The van der Waals surface area contributed by atoms with E-state index < -0.39 is 35.8 Å². The summed E-state index contributed by atoms with van der Waals surface area (Å²) in [5.74, 6) is -1.94. The van der Waals surface area contributed by atoms with E-state index in [4.69, 9.17) is 15.2 Å². The van der Waals surface area contributed by atoms with Crippen LogP contribution in [-0.2, 0) is 23.9 Å². The summed E-state index contributed by atoms with van der Waals surface area (Å²) in [7, 11) is 3.14. The molecule has 1 aliphatic heterocycles. The predicted octanol–water partition coefficient (Wildman–Crippen LogP) is 3.55. The molecule has 0 fully saturated rings. The predicted molar refractivity (Wildman–Crippen MR) is 165 cm³/mol. The van der Waals surface area contributed by atoms with Gasteiger partial charge in [-0.2, -0.15) is 0 Å². The van der Waals surface area contributed by atoms with Gasteiger partial charge in [0, 0.05) is 55.5 Å². The van der Waals surface area contributed by atoms with Crippen LogP contribution in [0.5, 0.6) is 0 Å². The third-order valence-corrected chi connectivity index (χ3v) is 7.69. The first-order chi connectivity index (χ1) is 19.8. The number of ketones is 2. The molecule has 1 amide bonds. The number of carbonyl (C=O) groups is 3. The van der Waals surface area contributed by atoms with E-state index in [0.29, 0.717) is 30.7 Å². The zero-order valence-corrected chi connectivity index (χ0v) is 25.7. The molecule has 9 nitrogen and oxygen atoms in total. The number of amides is 1. The van der Waals surface area contributed by atoms with Gasteiger partial charge in [0.05, 0.1) is 29.7 Å². The number of ether oxygens (including phenoxy) is 2. The molecule has 0 spiro atoms. The normalized spacial score (nSPS) is 31.7. The van der Waals surface area contributed by atoms with Gasteiger partial charge in [0.2, 0.25) is 11.6 Å². The lowest BCUT2D eigenvalue weighted by Crippen LogP contribution is -2.37. The first kappa shape index (κ1) is 34.7. The molecule has 0 saturated heterocycles. The van der Waals surface area contributed by atoms with Crippen LogP contribution < -0.4 is 16.4 Å². The number of fused-ring (bicyclic) bond motifs is 2. The number of carbonyl (C=O) groups excluding carboxylic acids is 3. The van der Waals surface area contributed by atoms with Crippen LogP contribution in [0.1, 0.15) is 47.0 Å². The minimum Gasteiger partial charge on any atom is -0.402 e. The number of aliphatic hydroxyl groups excluding tert-OH is 1. The van der Waals surface area contributed by atoms with Crippen molar-refractivity contribution in [2.75, 3.05) is 20.8 Å². The Morgan fingerprint density at radius 1 is 1.21 bits per heavy atom. The van der Waals surface area contributed by atoms with Gasteiger partial charge in [-0.15, -0.1) is 6.58 Å². The number of hydrogen-bond donors (Lipinski definition) is 4. The van der Waals surface area contributed by atoms with Crippen molar-refractivity contribution >= 4 is 17.5 Å². The number of nitrogens with two attached hydrogens (primary N) is 1. The number of nitrogens with one attached hydrogen (secondary N) is 2. The van der Waals surface area contributed by atoms with Gasteiger partial charge < -0.3 is 30.9 Å². The van der Waals surface area contributed by atoms with E-state index in [1.807, 2.05) is 32.9 Å². The first-order valence-corrected chi connectivity index (χ1v) is 14.2. The van der Waals surface area contributed by atoms with Crippen LogP contribution in [-0.4, -0.2) is 61.7 Å². The highest BCUT2D eigenvalue weighted by Gasteiger charge is 2.33. The fourth-order valence-electron chi connectivity index (χ4n) is 5.33. The van der Waals surface area contributed by atoms with Gasteiger partial charge in [0.1, 0.15) is 0 Å². The molecule has 230 valence electrons. The standard InChI is InChI=1S/C33H47N3O6/c1-9-13-35-30-25-14-19(2)15-29(42-8)31(38)22(5)16-21(4)24(17-23(6)34)28(41-7)12-10-11-20(3)33(40)36-26(32(25)39)18-27(30)37/h9-12,16,18-19,22,24,28-29,31,35,38H,1,6,13-15,17,34H2,2-5,7-8H3,(H,36,40)/b12-10-,20-11+,21-16+/t19-,22+,24+,28+,29+,31-/m1/s1. The van der Waals surface area contributed by atoms with E-state index in [0.717, 1.165) is 11.6 Å². The van der Waals surface area contributed by atoms with Crippen molar-refractivity contribution in [1.29, 1.82) is 0 Å². The molecule has 2 rings (SSSR count). The maximum absolute atomic E-state index is 13.6. The van der Waals surface area contributed by atoms with E-state index in [2.05, 4.69) is 23.8 Å². The zero-order valence-electron chi connectivity index (χ0n) is 25.7. The summed E-state index contributed by atoms with van der Waals surface area (Å²) in [6.45, 7) is 15.3. The SMILES string of the molecule is C=CCNC1=C2C[C@@H](C)C[C@H](OC)[C@H](O)[C@@H](C)/C=C(\C)[C@H](CC(=C)N)[C@@H](OC)/C=C\C=C(/C)C(=O)NC(=CC1=O)C2=O. The second kappa shape index (κ2) is 16.2. The molecule has 6 atom stereocenters. The third-order valence-electron chi connectivity index (χ3n) is 7.69. The lowest BCUT2D eigenvalue weighted by Gasteiger charge is -2.30. The van der Waals surface area contributed by atoms with Crippen LogP contribution >= 0.6 is 0 Å². The van der Waals surface area contributed by atoms with Crippen molar-refractivity contribution < 1.29 is 29.0 Å². The average molecular weight is 582 g/mol. The maximum atomic E-state index is 13.6. The molecule has 0 saturated carbocycles. The van der Waals surface area contributed by atoms with Crippen molar-refractivity contribution in [1.82, 2.24) is 10.6 Å². The lowest BCUT2D eigenvalue weighted by atomic mass is 9.83. The van der Waals surface area contributed by atoms with Crippen molar-refractivity contribution in [3.05, 3.63) is 83.4 Å². The largest absolute Gasteiger partial charge is 0.402 e. The molecule has 42 heavy (non-hydrogen) atoms. The second-order valence-corrected chi connectivity index (χ2v) is 11.2. The highest BCUT2D eigenvalue weighted by Crippen LogP contribution is 2.30. The third kappa shape index (κ3) is 9.24. The Bertz CT molecular complexity index is 1210. The molecule has 0 aromatic heterocycles. The van der Waals surface area contributed by atoms with Crippen molar-refractivity contribution in [3.8, 4) is 0 Å². The van der Waals surface area contributed by atoms with E-state index in [-0.39, 0.29) is 41.1 Å². The zero-order chi connectivity index (χ0) is 31.6. The van der Waals surface area contributed by atoms with Crippen LogP contribution in [0, 0.1) is 17.8 Å². The molecule has 0 unspecified atom stereocenters. The smallest absolute Gasteiger partial charge is 0.251 e. The van der Waals surface area contributed by atoms with Gasteiger partial charge in [0.15, 0.2) is 0 Å². The fourth-order valence-corrected chi connectivity index (χ4v) is 5.33. The number of aliphatic hydroxyl groups is 1. The van der Waals surface area contributed by atoms with Gasteiger partial charge in [-0.05, 0) is 39.0 Å². The Labute approximate surface area is 250 Å². The van der Waals surface area contributed by atoms with Crippen molar-refractivity contribution in [3.63, 3.8) is 0 Å². The molecule has 9 heteroatoms. The summed E-state index contributed by atoms with van der Waals surface area (Å²) >= 11 is 0. The number of methoxy groups -OCH3 is 2. The summed E-state index contributed by atoms with van der Waals surface area (Å²) in [6, 6.07) is 0. The van der Waals surface area contributed by atoms with Crippen molar-refractivity contribution in [2.45, 2.75) is 65.3 Å². The average Bonchev–Trinajstić information content (AvgIpc) is 2.94. The Morgan fingerprint density at radius 3 is 2.50 bits per heavy atom. The Kier molecular flexibility index (Phi) is 13.4. The highest BCUT2D eigenvalue weighted by atomic mass is 16.5. The van der Waals surface area contributed by atoms with Crippen LogP contribution in [0.25, 0.3) is 0 Å². The molecule has 1 aliphatic carbocycles. The Balaban J connectivity index is 2.62. The summed E-state index contributed by atoms with van der Waals surface area (Å²) in [4.78, 5) is 39.7.